The fourth-order valence-corrected chi connectivity index (χ4v) is 3.66. The normalized spacial score (nSPS) is 15.1. The van der Waals surface area contributed by atoms with Crippen molar-refractivity contribution >= 4 is 28.6 Å². The largest absolute Gasteiger partial charge is 0.381 e. The quantitative estimate of drug-likeness (QED) is 0.705. The number of benzene rings is 1. The molecule has 0 radical (unpaired) electrons. The third-order valence-electron chi connectivity index (χ3n) is 4.85. The molecule has 0 aliphatic carbocycles. The molecule has 1 fully saturated rings. The summed E-state index contributed by atoms with van der Waals surface area (Å²) in [5.41, 5.74) is 1.09. The van der Waals surface area contributed by atoms with E-state index in [0.717, 1.165) is 12.8 Å². The Bertz CT molecular complexity index is 1050. The lowest BCUT2D eigenvalue weighted by atomic mass is 10.1. The van der Waals surface area contributed by atoms with Crippen molar-refractivity contribution in [2.45, 2.75) is 25.4 Å². The van der Waals surface area contributed by atoms with Crippen molar-refractivity contribution in [3.63, 3.8) is 0 Å². The number of alkyl halides is 1. The highest BCUT2D eigenvalue weighted by molar-refractivity contribution is 6.33. The van der Waals surface area contributed by atoms with Gasteiger partial charge in [-0.2, -0.15) is 4.98 Å². The molecule has 0 saturated carbocycles. The van der Waals surface area contributed by atoms with E-state index in [-0.39, 0.29) is 18.1 Å². The Hall–Kier alpha value is -2.51. The van der Waals surface area contributed by atoms with E-state index in [2.05, 4.69) is 15.3 Å². The fraction of sp³-hybridized carbons (Fsp3) is 0.350. The van der Waals surface area contributed by atoms with Crippen LogP contribution in [0.25, 0.3) is 22.2 Å². The van der Waals surface area contributed by atoms with E-state index in [9.17, 15) is 9.18 Å². The van der Waals surface area contributed by atoms with Gasteiger partial charge in [0.2, 0.25) is 5.95 Å². The lowest BCUT2D eigenvalue weighted by Gasteiger charge is -2.23. The number of ether oxygens (including phenoxy) is 1. The molecule has 0 atom stereocenters. The summed E-state index contributed by atoms with van der Waals surface area (Å²) in [5.74, 6) is 0.428. The van der Waals surface area contributed by atoms with E-state index in [4.69, 9.17) is 16.3 Å². The molecule has 146 valence electrons. The summed E-state index contributed by atoms with van der Waals surface area (Å²) in [6.07, 6.45) is 3.38. The second-order valence-electron chi connectivity index (χ2n) is 6.69. The number of pyridine rings is 1. The Balaban J connectivity index is 1.81. The van der Waals surface area contributed by atoms with Crippen LogP contribution in [-0.2, 0) is 11.3 Å². The van der Waals surface area contributed by atoms with Crippen molar-refractivity contribution < 1.29 is 9.13 Å². The van der Waals surface area contributed by atoms with Crippen LogP contribution in [0, 0.1) is 0 Å². The molecule has 1 N–H and O–H groups in total. The summed E-state index contributed by atoms with van der Waals surface area (Å²) < 4.78 is 19.9. The molecule has 0 amide bonds. The van der Waals surface area contributed by atoms with Crippen LogP contribution >= 0.6 is 11.6 Å². The van der Waals surface area contributed by atoms with Gasteiger partial charge in [-0.15, -0.1) is 0 Å². The van der Waals surface area contributed by atoms with Crippen molar-refractivity contribution in [2.75, 3.05) is 25.2 Å². The monoisotopic (exact) mass is 402 g/mol. The van der Waals surface area contributed by atoms with E-state index >= 15 is 0 Å². The highest BCUT2D eigenvalue weighted by Gasteiger charge is 2.17. The maximum atomic E-state index is 13.2. The van der Waals surface area contributed by atoms with Gasteiger partial charge in [0.05, 0.1) is 6.54 Å². The highest BCUT2D eigenvalue weighted by Crippen LogP contribution is 2.27. The number of nitrogens with zero attached hydrogens (tertiary/aromatic N) is 3. The van der Waals surface area contributed by atoms with Gasteiger partial charge in [-0.3, -0.25) is 9.36 Å². The second kappa shape index (κ2) is 8.24. The molecule has 6 nitrogen and oxygen atoms in total. The zero-order valence-electron chi connectivity index (χ0n) is 15.2. The zero-order chi connectivity index (χ0) is 19.5. The number of rotatable bonds is 5. The van der Waals surface area contributed by atoms with E-state index in [1.54, 1.807) is 30.5 Å². The summed E-state index contributed by atoms with van der Waals surface area (Å²) in [5, 5.41) is 4.40. The molecule has 0 spiro atoms. The van der Waals surface area contributed by atoms with Gasteiger partial charge in [0.1, 0.15) is 12.3 Å². The van der Waals surface area contributed by atoms with Gasteiger partial charge in [-0.1, -0.05) is 29.8 Å². The molecule has 2 aromatic heterocycles. The third-order valence-corrected chi connectivity index (χ3v) is 5.18. The third kappa shape index (κ3) is 3.72. The molecule has 3 aromatic rings. The minimum absolute atomic E-state index is 0.0820. The minimum atomic E-state index is -0.673. The number of aryl methyl sites for hydroxylation is 1. The SMILES string of the molecule is O=c1c(-c2ccccc2Cl)cc2cnc(NC3CCOCC3)nc2n1CCF. The minimum Gasteiger partial charge on any atom is -0.381 e. The number of hydrogen-bond donors (Lipinski definition) is 1. The molecule has 8 heteroatoms. The van der Waals surface area contributed by atoms with Crippen molar-refractivity contribution in [1.82, 2.24) is 14.5 Å². The van der Waals surface area contributed by atoms with Gasteiger partial charge >= 0.3 is 0 Å². The highest BCUT2D eigenvalue weighted by atomic mass is 35.5. The molecule has 1 aliphatic rings. The summed E-state index contributed by atoms with van der Waals surface area (Å²) in [7, 11) is 0. The number of halogens is 2. The molecule has 4 rings (SSSR count). The average molecular weight is 403 g/mol. The van der Waals surface area contributed by atoms with E-state index in [1.807, 2.05) is 6.07 Å². The summed E-state index contributed by atoms with van der Waals surface area (Å²) in [6.45, 7) is 0.632. The van der Waals surface area contributed by atoms with Crippen LogP contribution in [0.1, 0.15) is 12.8 Å². The first-order valence-corrected chi connectivity index (χ1v) is 9.61. The standard InChI is InChI=1S/C20H20ClFN4O2/c21-17-4-2-1-3-15(17)16-11-13-12-23-20(24-14-5-9-28-10-6-14)25-18(13)26(8-7-22)19(16)27/h1-4,11-12,14H,5-10H2,(H,23,24,25). The molecule has 0 bridgehead atoms. The molecule has 28 heavy (non-hydrogen) atoms. The van der Waals surface area contributed by atoms with Gasteiger partial charge in [-0.25, -0.2) is 9.37 Å². The summed E-state index contributed by atoms with van der Waals surface area (Å²) >= 11 is 6.27. The average Bonchev–Trinajstić information content (AvgIpc) is 2.71. The number of fused-ring (bicyclic) bond motifs is 1. The van der Waals surface area contributed by atoms with Crippen molar-refractivity contribution in [2.24, 2.45) is 0 Å². The Kier molecular flexibility index (Phi) is 5.54. The second-order valence-corrected chi connectivity index (χ2v) is 7.09. The van der Waals surface area contributed by atoms with Crippen LogP contribution in [0.3, 0.4) is 0 Å². The molecule has 1 aliphatic heterocycles. The smallest absolute Gasteiger partial charge is 0.260 e. The van der Waals surface area contributed by atoms with Crippen molar-refractivity contribution in [3.8, 4) is 11.1 Å². The fourth-order valence-electron chi connectivity index (χ4n) is 3.42. The van der Waals surface area contributed by atoms with E-state index in [1.165, 1.54) is 4.57 Å². The first-order valence-electron chi connectivity index (χ1n) is 9.23. The van der Waals surface area contributed by atoms with Crippen molar-refractivity contribution in [3.05, 3.63) is 51.9 Å². The summed E-state index contributed by atoms with van der Waals surface area (Å²) in [4.78, 5) is 22.0. The van der Waals surface area contributed by atoms with Gasteiger partial charge in [0.25, 0.3) is 5.56 Å². The Labute approximate surface area is 166 Å². The molecule has 1 aromatic carbocycles. The number of anilines is 1. The van der Waals surface area contributed by atoms with Crippen LogP contribution in [-0.4, -0.2) is 40.5 Å². The summed E-state index contributed by atoms with van der Waals surface area (Å²) in [6, 6.07) is 9.03. The van der Waals surface area contributed by atoms with Crippen LogP contribution in [0.2, 0.25) is 5.02 Å². The Morgan fingerprint density at radius 3 is 2.79 bits per heavy atom. The lowest BCUT2D eigenvalue weighted by molar-refractivity contribution is 0.0903. The number of nitrogens with one attached hydrogen (secondary N) is 1. The van der Waals surface area contributed by atoms with Crippen LogP contribution in [0.15, 0.2) is 41.3 Å². The molecular formula is C20H20ClFN4O2. The van der Waals surface area contributed by atoms with Gasteiger partial charge < -0.3 is 10.1 Å². The zero-order valence-corrected chi connectivity index (χ0v) is 16.0. The first-order chi connectivity index (χ1) is 13.7. The predicted octanol–water partition coefficient (Wildman–Crippen LogP) is 3.67. The van der Waals surface area contributed by atoms with E-state index in [0.29, 0.717) is 46.3 Å². The first kappa shape index (κ1) is 18.8. The maximum Gasteiger partial charge on any atom is 0.260 e. The van der Waals surface area contributed by atoms with E-state index < -0.39 is 6.67 Å². The molecular weight excluding hydrogens is 383 g/mol. The predicted molar refractivity (Wildman–Crippen MR) is 108 cm³/mol. The molecule has 3 heterocycles. The van der Waals surface area contributed by atoms with Gasteiger partial charge in [0, 0.05) is 47.0 Å². The Morgan fingerprint density at radius 1 is 1.25 bits per heavy atom. The van der Waals surface area contributed by atoms with Crippen molar-refractivity contribution in [1.29, 1.82) is 0 Å². The number of hydrogen-bond acceptors (Lipinski definition) is 5. The topological polar surface area (TPSA) is 69.0 Å². The van der Waals surface area contributed by atoms with Gasteiger partial charge in [-0.05, 0) is 25.0 Å². The Morgan fingerprint density at radius 2 is 2.04 bits per heavy atom. The lowest BCUT2D eigenvalue weighted by Crippen LogP contribution is -2.29. The van der Waals surface area contributed by atoms with Gasteiger partial charge in [0.15, 0.2) is 0 Å². The number of aromatic nitrogens is 3. The maximum absolute atomic E-state index is 13.2. The van der Waals surface area contributed by atoms with Crippen LogP contribution < -0.4 is 10.9 Å². The van der Waals surface area contributed by atoms with Crippen LogP contribution in [0.5, 0.6) is 0 Å². The molecule has 1 saturated heterocycles. The van der Waals surface area contributed by atoms with Crippen LogP contribution in [0.4, 0.5) is 10.3 Å². The molecule has 0 unspecified atom stereocenters.